The highest BCUT2D eigenvalue weighted by Gasteiger charge is 2.21. The van der Waals surface area contributed by atoms with Crippen LogP contribution in [0.4, 0.5) is 13.2 Å². The van der Waals surface area contributed by atoms with Gasteiger partial charge in [0.25, 0.3) is 12.3 Å². The minimum Gasteiger partial charge on any atom is -0.364 e. The van der Waals surface area contributed by atoms with Gasteiger partial charge in [-0.1, -0.05) is 11.6 Å². The van der Waals surface area contributed by atoms with Crippen molar-refractivity contribution >= 4 is 17.5 Å². The third-order valence-electron chi connectivity index (χ3n) is 2.23. The van der Waals surface area contributed by atoms with Crippen molar-refractivity contribution in [3.8, 4) is 5.82 Å². The molecule has 0 saturated heterocycles. The maximum absolute atomic E-state index is 13.6. The predicted octanol–water partition coefficient (Wildman–Crippen LogP) is 2.10. The number of pyridine rings is 1. The summed E-state index contributed by atoms with van der Waals surface area (Å²) in [7, 11) is 0. The van der Waals surface area contributed by atoms with Crippen LogP contribution in [-0.4, -0.2) is 20.7 Å². The minimum absolute atomic E-state index is 0.116. The average molecular weight is 291 g/mol. The zero-order valence-corrected chi connectivity index (χ0v) is 9.90. The van der Waals surface area contributed by atoms with Gasteiger partial charge in [-0.05, 0) is 12.1 Å². The van der Waals surface area contributed by atoms with Crippen molar-refractivity contribution < 1.29 is 18.0 Å². The van der Waals surface area contributed by atoms with E-state index in [1.54, 1.807) is 0 Å². The molecule has 19 heavy (non-hydrogen) atoms. The maximum atomic E-state index is 13.6. The van der Waals surface area contributed by atoms with Crippen LogP contribution in [0, 0.1) is 5.95 Å². The molecule has 0 aliphatic carbocycles. The van der Waals surface area contributed by atoms with Gasteiger partial charge < -0.3 is 5.73 Å². The topological polar surface area (TPSA) is 73.8 Å². The second-order valence-corrected chi connectivity index (χ2v) is 3.86. The summed E-state index contributed by atoms with van der Waals surface area (Å²) in [5.74, 6) is -2.53. The zero-order valence-electron chi connectivity index (χ0n) is 9.15. The van der Waals surface area contributed by atoms with Gasteiger partial charge in [0.2, 0.25) is 5.95 Å². The van der Waals surface area contributed by atoms with Gasteiger partial charge in [-0.25, -0.2) is 13.8 Å². The molecule has 0 aromatic carbocycles. The normalized spacial score (nSPS) is 11.0. The van der Waals surface area contributed by atoms with Crippen molar-refractivity contribution in [2.24, 2.45) is 5.73 Å². The van der Waals surface area contributed by atoms with E-state index in [0.717, 1.165) is 18.2 Å². The summed E-state index contributed by atoms with van der Waals surface area (Å²) in [4.78, 5) is 14.5. The van der Waals surface area contributed by atoms with Crippen LogP contribution in [0.1, 0.15) is 22.5 Å². The molecule has 0 radical (unpaired) electrons. The number of rotatable bonds is 3. The molecule has 2 N–H and O–H groups in total. The summed E-state index contributed by atoms with van der Waals surface area (Å²) in [5, 5.41) is 3.36. The van der Waals surface area contributed by atoms with Gasteiger partial charge in [0.05, 0.1) is 5.56 Å². The molecule has 0 fully saturated rings. The molecule has 0 atom stereocenters. The van der Waals surface area contributed by atoms with E-state index >= 15 is 0 Å². The number of alkyl halides is 2. The van der Waals surface area contributed by atoms with Crippen molar-refractivity contribution in [2.75, 3.05) is 0 Å². The smallest absolute Gasteiger partial charge is 0.269 e. The first kappa shape index (κ1) is 13.3. The van der Waals surface area contributed by atoms with E-state index in [1.807, 2.05) is 0 Å². The van der Waals surface area contributed by atoms with Crippen molar-refractivity contribution in [1.82, 2.24) is 14.8 Å². The Morgan fingerprint density at radius 2 is 2.11 bits per heavy atom. The molecule has 0 spiro atoms. The van der Waals surface area contributed by atoms with Gasteiger partial charge >= 0.3 is 0 Å². The molecule has 5 nitrogen and oxygen atoms in total. The number of halogens is 4. The van der Waals surface area contributed by atoms with E-state index in [9.17, 15) is 18.0 Å². The fraction of sp³-hybridized carbons (Fsp3) is 0.100. The van der Waals surface area contributed by atoms with Gasteiger partial charge in [0.1, 0.15) is 5.15 Å². The largest absolute Gasteiger partial charge is 0.364 e. The molecule has 0 aliphatic rings. The highest BCUT2D eigenvalue weighted by atomic mass is 35.5. The maximum Gasteiger partial charge on any atom is 0.269 e. The van der Waals surface area contributed by atoms with Crippen molar-refractivity contribution in [2.45, 2.75) is 6.43 Å². The third kappa shape index (κ3) is 2.53. The van der Waals surface area contributed by atoms with E-state index in [-0.39, 0.29) is 5.15 Å². The highest BCUT2D eigenvalue weighted by molar-refractivity contribution is 6.29. The van der Waals surface area contributed by atoms with Crippen LogP contribution in [0.15, 0.2) is 18.2 Å². The van der Waals surface area contributed by atoms with Crippen LogP contribution < -0.4 is 5.73 Å². The first-order chi connectivity index (χ1) is 8.90. The van der Waals surface area contributed by atoms with Crippen LogP contribution in [0.5, 0.6) is 0 Å². The van der Waals surface area contributed by atoms with Gasteiger partial charge in [-0.3, -0.25) is 4.79 Å². The lowest BCUT2D eigenvalue weighted by atomic mass is 10.2. The lowest BCUT2D eigenvalue weighted by Gasteiger charge is -2.08. The van der Waals surface area contributed by atoms with Crippen molar-refractivity contribution in [3.63, 3.8) is 0 Å². The van der Waals surface area contributed by atoms with E-state index in [2.05, 4.69) is 10.1 Å². The molecule has 0 aliphatic heterocycles. The first-order valence-electron chi connectivity index (χ1n) is 4.90. The van der Waals surface area contributed by atoms with Crippen LogP contribution in [0.25, 0.3) is 5.82 Å². The van der Waals surface area contributed by atoms with E-state index in [0.29, 0.717) is 4.68 Å². The Morgan fingerprint density at radius 1 is 1.42 bits per heavy atom. The summed E-state index contributed by atoms with van der Waals surface area (Å²) in [6.07, 6.45) is -2.90. The number of amides is 1. The molecular formula is C10H6ClF3N4O. The minimum atomic E-state index is -2.90. The molecule has 9 heteroatoms. The van der Waals surface area contributed by atoms with Crippen molar-refractivity contribution in [3.05, 3.63) is 40.6 Å². The molecule has 1 amide bonds. The van der Waals surface area contributed by atoms with Crippen molar-refractivity contribution in [1.29, 1.82) is 0 Å². The quantitative estimate of drug-likeness (QED) is 0.880. The van der Waals surface area contributed by atoms with Crippen LogP contribution in [-0.2, 0) is 0 Å². The fourth-order valence-corrected chi connectivity index (χ4v) is 1.55. The lowest BCUT2D eigenvalue weighted by Crippen LogP contribution is -2.13. The number of nitrogens with zero attached hydrogens (tertiary/aromatic N) is 3. The standard InChI is InChI=1S/C10H6ClF3N4O/c11-6-2-1-4(8(13)14)10(16-6)18-7(12)3-5(17-18)9(15)19/h1-3,8H,(H2,15,19). The third-order valence-corrected chi connectivity index (χ3v) is 2.44. The highest BCUT2D eigenvalue weighted by Crippen LogP contribution is 2.26. The number of hydrogen-bond acceptors (Lipinski definition) is 3. The summed E-state index contributed by atoms with van der Waals surface area (Å²) in [5.41, 5.74) is 3.96. The predicted molar refractivity (Wildman–Crippen MR) is 59.8 cm³/mol. The zero-order chi connectivity index (χ0) is 14.2. The van der Waals surface area contributed by atoms with Gasteiger partial charge in [-0.15, -0.1) is 0 Å². The Morgan fingerprint density at radius 3 is 2.63 bits per heavy atom. The Labute approximate surface area is 109 Å². The first-order valence-corrected chi connectivity index (χ1v) is 5.28. The second-order valence-electron chi connectivity index (χ2n) is 3.48. The summed E-state index contributed by atoms with van der Waals surface area (Å²) < 4.78 is 39.7. The van der Waals surface area contributed by atoms with E-state index in [4.69, 9.17) is 17.3 Å². The molecule has 0 bridgehead atoms. The molecule has 0 saturated carbocycles. The molecule has 2 aromatic rings. The molecule has 100 valence electrons. The monoisotopic (exact) mass is 290 g/mol. The van der Waals surface area contributed by atoms with Crippen LogP contribution in [0.2, 0.25) is 5.15 Å². The van der Waals surface area contributed by atoms with E-state index < -0.39 is 35.4 Å². The Balaban J connectivity index is 2.64. The SMILES string of the molecule is NC(=O)c1cc(F)n(-c2nc(Cl)ccc2C(F)F)n1. The number of carbonyl (C=O) groups is 1. The molecule has 2 aromatic heterocycles. The lowest BCUT2D eigenvalue weighted by molar-refractivity contribution is 0.0995. The van der Waals surface area contributed by atoms with Gasteiger partial charge in [0, 0.05) is 6.07 Å². The van der Waals surface area contributed by atoms with Gasteiger partial charge in [-0.2, -0.15) is 14.2 Å². The molecule has 2 rings (SSSR count). The summed E-state index contributed by atoms with van der Waals surface area (Å²) >= 11 is 5.58. The number of primary amides is 1. The Hall–Kier alpha value is -2.09. The van der Waals surface area contributed by atoms with Crippen LogP contribution >= 0.6 is 11.6 Å². The second kappa shape index (κ2) is 4.88. The fourth-order valence-electron chi connectivity index (χ4n) is 1.40. The average Bonchev–Trinajstić information content (AvgIpc) is 2.71. The molecular weight excluding hydrogens is 285 g/mol. The number of aromatic nitrogens is 3. The van der Waals surface area contributed by atoms with Crippen LogP contribution in [0.3, 0.4) is 0 Å². The Bertz CT molecular complexity index is 644. The van der Waals surface area contributed by atoms with E-state index in [1.165, 1.54) is 0 Å². The van der Waals surface area contributed by atoms with Gasteiger partial charge in [0.15, 0.2) is 11.5 Å². The molecule has 2 heterocycles. The number of carbonyl (C=O) groups excluding carboxylic acids is 1. The summed E-state index contributed by atoms with van der Waals surface area (Å²) in [6, 6.07) is 2.86. The Kier molecular flexibility index (Phi) is 3.43. The summed E-state index contributed by atoms with van der Waals surface area (Å²) in [6.45, 7) is 0. The molecule has 0 unspecified atom stereocenters. The number of hydrogen-bond donors (Lipinski definition) is 1. The number of nitrogens with two attached hydrogens (primary N) is 1.